The highest BCUT2D eigenvalue weighted by Gasteiger charge is 2.20. The Labute approximate surface area is 184 Å². The molecule has 2 heterocycles. The normalized spacial score (nSPS) is 15.9. The second-order valence-corrected chi connectivity index (χ2v) is 8.56. The molecule has 0 saturated carbocycles. The molecule has 0 spiro atoms. The number of nitrogens with one attached hydrogen (secondary N) is 2. The number of para-hydroxylation sites is 1. The molecule has 0 bridgehead atoms. The number of piperidine rings is 1. The Kier molecular flexibility index (Phi) is 9.44. The highest BCUT2D eigenvalue weighted by Crippen LogP contribution is 2.20. The van der Waals surface area contributed by atoms with Crippen molar-refractivity contribution >= 4 is 17.3 Å². The third kappa shape index (κ3) is 7.61. The molecule has 1 fully saturated rings. The molecule has 164 valence electrons. The number of nitrogens with zero attached hydrogens (tertiary/aromatic N) is 3. The Bertz CT molecular complexity index is 756. The SMILES string of the molecule is CCNC(=NCC1CCN(Cc2csc(CC)n2)CC1)NCCOc1ccccc1. The first-order valence-electron chi connectivity index (χ1n) is 11.1. The number of guanidine groups is 1. The van der Waals surface area contributed by atoms with Crippen LogP contribution in [-0.4, -0.2) is 55.2 Å². The molecule has 1 aliphatic heterocycles. The van der Waals surface area contributed by atoms with Crippen molar-refractivity contribution in [3.8, 4) is 5.75 Å². The number of likely N-dealkylation sites (tertiary alicyclic amines) is 1. The summed E-state index contributed by atoms with van der Waals surface area (Å²) in [5, 5.41) is 10.2. The first-order chi connectivity index (χ1) is 14.8. The molecule has 3 rings (SSSR count). The van der Waals surface area contributed by atoms with E-state index in [1.807, 2.05) is 30.3 Å². The van der Waals surface area contributed by atoms with Gasteiger partial charge in [0.1, 0.15) is 12.4 Å². The second kappa shape index (κ2) is 12.5. The first kappa shape index (κ1) is 22.6. The number of ether oxygens (including phenoxy) is 1. The van der Waals surface area contributed by atoms with Crippen LogP contribution in [0.2, 0.25) is 0 Å². The van der Waals surface area contributed by atoms with Crippen LogP contribution in [0.5, 0.6) is 5.75 Å². The average molecular weight is 430 g/mol. The number of aryl methyl sites for hydroxylation is 1. The van der Waals surface area contributed by atoms with Gasteiger partial charge in [0.25, 0.3) is 0 Å². The maximum absolute atomic E-state index is 5.74. The molecule has 0 radical (unpaired) electrons. The molecule has 2 N–H and O–H groups in total. The van der Waals surface area contributed by atoms with Crippen LogP contribution in [0.25, 0.3) is 0 Å². The monoisotopic (exact) mass is 429 g/mol. The summed E-state index contributed by atoms with van der Waals surface area (Å²) in [7, 11) is 0. The van der Waals surface area contributed by atoms with Gasteiger partial charge in [0.15, 0.2) is 5.96 Å². The summed E-state index contributed by atoms with van der Waals surface area (Å²) in [5.74, 6) is 2.43. The van der Waals surface area contributed by atoms with Gasteiger partial charge in [-0.15, -0.1) is 11.3 Å². The van der Waals surface area contributed by atoms with Gasteiger partial charge in [-0.3, -0.25) is 9.89 Å². The van der Waals surface area contributed by atoms with Crippen LogP contribution in [0.4, 0.5) is 0 Å². The molecular formula is C23H35N5OS. The minimum atomic E-state index is 0.614. The van der Waals surface area contributed by atoms with Crippen molar-refractivity contribution in [3.05, 3.63) is 46.4 Å². The zero-order chi connectivity index (χ0) is 21.0. The summed E-state index contributed by atoms with van der Waals surface area (Å²) in [6, 6.07) is 9.91. The molecule has 6 nitrogen and oxygen atoms in total. The van der Waals surface area contributed by atoms with Crippen LogP contribution >= 0.6 is 11.3 Å². The van der Waals surface area contributed by atoms with E-state index < -0.39 is 0 Å². The summed E-state index contributed by atoms with van der Waals surface area (Å²) in [6.45, 7) is 10.6. The largest absolute Gasteiger partial charge is 0.492 e. The van der Waals surface area contributed by atoms with Crippen LogP contribution in [0.3, 0.4) is 0 Å². The summed E-state index contributed by atoms with van der Waals surface area (Å²) < 4.78 is 5.74. The zero-order valence-electron chi connectivity index (χ0n) is 18.3. The van der Waals surface area contributed by atoms with Crippen LogP contribution in [0.1, 0.15) is 37.4 Å². The van der Waals surface area contributed by atoms with E-state index in [0.29, 0.717) is 12.5 Å². The molecule has 1 saturated heterocycles. The highest BCUT2D eigenvalue weighted by molar-refractivity contribution is 7.09. The van der Waals surface area contributed by atoms with Crippen LogP contribution in [0, 0.1) is 5.92 Å². The Hall–Kier alpha value is -2.12. The number of aliphatic imine (C=N–C) groups is 1. The summed E-state index contributed by atoms with van der Waals surface area (Å²) in [4.78, 5) is 12.0. The molecule has 1 aromatic heterocycles. The van der Waals surface area contributed by atoms with E-state index in [2.05, 4.69) is 34.8 Å². The van der Waals surface area contributed by atoms with Crippen molar-refractivity contribution in [2.75, 3.05) is 39.3 Å². The smallest absolute Gasteiger partial charge is 0.191 e. The van der Waals surface area contributed by atoms with Crippen LogP contribution in [0.15, 0.2) is 40.7 Å². The van der Waals surface area contributed by atoms with E-state index in [0.717, 1.165) is 57.4 Å². The Morgan fingerprint density at radius 1 is 1.20 bits per heavy atom. The molecule has 2 aromatic rings. The van der Waals surface area contributed by atoms with Gasteiger partial charge >= 0.3 is 0 Å². The Balaban J connectivity index is 1.36. The minimum absolute atomic E-state index is 0.614. The molecule has 30 heavy (non-hydrogen) atoms. The Morgan fingerprint density at radius 2 is 2.00 bits per heavy atom. The van der Waals surface area contributed by atoms with E-state index in [9.17, 15) is 0 Å². The zero-order valence-corrected chi connectivity index (χ0v) is 19.1. The van der Waals surface area contributed by atoms with Crippen LogP contribution < -0.4 is 15.4 Å². The molecule has 1 aromatic carbocycles. The fourth-order valence-electron chi connectivity index (χ4n) is 3.56. The minimum Gasteiger partial charge on any atom is -0.492 e. The lowest BCUT2D eigenvalue weighted by Gasteiger charge is -2.30. The van der Waals surface area contributed by atoms with Crippen molar-refractivity contribution in [1.82, 2.24) is 20.5 Å². The molecular weight excluding hydrogens is 394 g/mol. The maximum atomic E-state index is 5.74. The first-order valence-corrected chi connectivity index (χ1v) is 12.0. The van der Waals surface area contributed by atoms with Gasteiger partial charge in [-0.2, -0.15) is 0 Å². The van der Waals surface area contributed by atoms with Gasteiger partial charge in [-0.05, 0) is 57.3 Å². The lowest BCUT2D eigenvalue weighted by Crippen LogP contribution is -2.40. The number of hydrogen-bond donors (Lipinski definition) is 2. The molecule has 0 atom stereocenters. The summed E-state index contributed by atoms with van der Waals surface area (Å²) in [5.41, 5.74) is 1.23. The van der Waals surface area contributed by atoms with Crippen LogP contribution in [-0.2, 0) is 13.0 Å². The van der Waals surface area contributed by atoms with Crippen molar-refractivity contribution in [1.29, 1.82) is 0 Å². The quantitative estimate of drug-likeness (QED) is 0.344. The molecule has 0 aliphatic carbocycles. The standard InChI is InChI=1S/C23H35N5OS/c1-3-22-27-20(18-30-22)17-28-13-10-19(11-14-28)16-26-23(24-4-2)25-12-15-29-21-8-6-5-7-9-21/h5-9,18-19H,3-4,10-17H2,1-2H3,(H2,24,25,26). The van der Waals surface area contributed by atoms with Crippen molar-refractivity contribution in [3.63, 3.8) is 0 Å². The van der Waals surface area contributed by atoms with Gasteiger partial charge < -0.3 is 15.4 Å². The van der Waals surface area contributed by atoms with E-state index in [1.54, 1.807) is 11.3 Å². The van der Waals surface area contributed by atoms with Gasteiger partial charge in [0.05, 0.1) is 17.2 Å². The number of aromatic nitrogens is 1. The number of benzene rings is 1. The van der Waals surface area contributed by atoms with Gasteiger partial charge in [-0.1, -0.05) is 25.1 Å². The predicted molar refractivity (Wildman–Crippen MR) is 125 cm³/mol. The highest BCUT2D eigenvalue weighted by atomic mass is 32.1. The lowest BCUT2D eigenvalue weighted by atomic mass is 9.97. The number of hydrogen-bond acceptors (Lipinski definition) is 5. The molecule has 0 unspecified atom stereocenters. The van der Waals surface area contributed by atoms with Gasteiger partial charge in [0, 0.05) is 25.0 Å². The fraction of sp³-hybridized carbons (Fsp3) is 0.565. The predicted octanol–water partition coefficient (Wildman–Crippen LogP) is 3.55. The summed E-state index contributed by atoms with van der Waals surface area (Å²) in [6.07, 6.45) is 3.43. The molecule has 0 amide bonds. The van der Waals surface area contributed by atoms with Gasteiger partial charge in [0.2, 0.25) is 0 Å². The third-order valence-corrected chi connectivity index (χ3v) is 6.29. The van der Waals surface area contributed by atoms with E-state index in [-0.39, 0.29) is 0 Å². The Morgan fingerprint density at radius 3 is 2.70 bits per heavy atom. The van der Waals surface area contributed by atoms with Gasteiger partial charge in [-0.25, -0.2) is 4.98 Å². The second-order valence-electron chi connectivity index (χ2n) is 7.61. The van der Waals surface area contributed by atoms with Crippen molar-refractivity contribution < 1.29 is 4.74 Å². The van der Waals surface area contributed by atoms with E-state index in [1.165, 1.54) is 23.5 Å². The van der Waals surface area contributed by atoms with E-state index in [4.69, 9.17) is 14.7 Å². The number of rotatable bonds is 10. The number of thiazole rings is 1. The fourth-order valence-corrected chi connectivity index (χ4v) is 4.29. The molecule has 7 heteroatoms. The van der Waals surface area contributed by atoms with E-state index >= 15 is 0 Å². The van der Waals surface area contributed by atoms with Crippen molar-refractivity contribution in [2.45, 2.75) is 39.7 Å². The topological polar surface area (TPSA) is 61.8 Å². The summed E-state index contributed by atoms with van der Waals surface area (Å²) >= 11 is 1.78. The van der Waals surface area contributed by atoms with Crippen molar-refractivity contribution in [2.24, 2.45) is 10.9 Å². The third-order valence-electron chi connectivity index (χ3n) is 5.25. The maximum Gasteiger partial charge on any atom is 0.191 e. The lowest BCUT2D eigenvalue weighted by molar-refractivity contribution is 0.179. The molecule has 1 aliphatic rings. The average Bonchev–Trinajstić information content (AvgIpc) is 3.24.